The Morgan fingerprint density at radius 1 is 1.33 bits per heavy atom. The first kappa shape index (κ1) is 15.0. The van der Waals surface area contributed by atoms with Crippen LogP contribution in [0.4, 0.5) is 0 Å². The van der Waals surface area contributed by atoms with Crippen LogP contribution in [-0.4, -0.2) is 34.9 Å². The molecule has 4 rings (SSSR count). The number of aryl methyl sites for hydroxylation is 1. The molecule has 1 fully saturated rings. The van der Waals surface area contributed by atoms with Gasteiger partial charge in [0.05, 0.1) is 48.4 Å². The van der Waals surface area contributed by atoms with E-state index in [1.165, 1.54) is 11.3 Å². The zero-order valence-electron chi connectivity index (χ0n) is 13.7. The van der Waals surface area contributed by atoms with Crippen LogP contribution in [0.5, 0.6) is 0 Å². The number of aromatic nitrogens is 2. The van der Waals surface area contributed by atoms with E-state index in [9.17, 15) is 10.5 Å². The van der Waals surface area contributed by atoms with E-state index in [1.54, 1.807) is 0 Å². The Hall–Kier alpha value is -2.57. The summed E-state index contributed by atoms with van der Waals surface area (Å²) in [6, 6.07) is 4.81. The third kappa shape index (κ3) is 2.15. The Kier molecular flexibility index (Phi) is 3.63. The predicted molar refractivity (Wildman–Crippen MR) is 86.1 cm³/mol. The Morgan fingerprint density at radius 2 is 2.17 bits per heavy atom. The number of nitrogens with zero attached hydrogens (tertiary/aromatic N) is 4. The van der Waals surface area contributed by atoms with Crippen molar-refractivity contribution < 1.29 is 4.74 Å². The highest BCUT2D eigenvalue weighted by molar-refractivity contribution is 5.49. The molecule has 6 heteroatoms. The molecule has 1 saturated heterocycles. The number of rotatable bonds is 1. The van der Waals surface area contributed by atoms with Crippen LogP contribution in [0.1, 0.15) is 24.6 Å². The molecule has 6 nitrogen and oxygen atoms in total. The monoisotopic (exact) mass is 321 g/mol. The Morgan fingerprint density at radius 3 is 2.96 bits per heavy atom. The summed E-state index contributed by atoms with van der Waals surface area (Å²) < 4.78 is 5.60. The van der Waals surface area contributed by atoms with Crippen molar-refractivity contribution in [1.82, 2.24) is 15.1 Å². The van der Waals surface area contributed by atoms with E-state index in [1.807, 2.05) is 13.1 Å². The van der Waals surface area contributed by atoms with Crippen molar-refractivity contribution >= 4 is 0 Å². The molecular formula is C18H19N5O. The van der Waals surface area contributed by atoms with Gasteiger partial charge in [0, 0.05) is 23.9 Å². The lowest BCUT2D eigenvalue weighted by atomic mass is 9.71. The number of H-pyrrole nitrogens is 1. The fraction of sp³-hybridized carbons (Fsp3) is 0.500. The van der Waals surface area contributed by atoms with Crippen molar-refractivity contribution in [3.8, 4) is 12.1 Å². The van der Waals surface area contributed by atoms with Gasteiger partial charge in [-0.1, -0.05) is 0 Å². The quantitative estimate of drug-likeness (QED) is 0.855. The molecule has 3 heterocycles. The lowest BCUT2D eigenvalue weighted by Gasteiger charge is -2.41. The van der Waals surface area contributed by atoms with Crippen molar-refractivity contribution in [3.63, 3.8) is 0 Å². The highest BCUT2D eigenvalue weighted by Crippen LogP contribution is 2.43. The number of fused-ring (bicyclic) bond motifs is 2. The predicted octanol–water partition coefficient (Wildman–Crippen LogP) is 2.05. The molecule has 1 aromatic heterocycles. The van der Waals surface area contributed by atoms with E-state index >= 15 is 0 Å². The molecule has 0 amide bonds. The van der Waals surface area contributed by atoms with Crippen LogP contribution in [0.25, 0.3) is 0 Å². The summed E-state index contributed by atoms with van der Waals surface area (Å²) in [5.41, 5.74) is 5.80. The van der Waals surface area contributed by atoms with Gasteiger partial charge < -0.3 is 9.64 Å². The second kappa shape index (κ2) is 5.81. The van der Waals surface area contributed by atoms with Crippen LogP contribution in [0, 0.1) is 34.5 Å². The molecule has 0 saturated carbocycles. The molecule has 0 radical (unpaired) electrons. The molecule has 2 atom stereocenters. The van der Waals surface area contributed by atoms with Gasteiger partial charge in [-0.05, 0) is 37.7 Å². The van der Waals surface area contributed by atoms with Gasteiger partial charge in [0.1, 0.15) is 0 Å². The largest absolute Gasteiger partial charge is 0.373 e. The summed E-state index contributed by atoms with van der Waals surface area (Å²) >= 11 is 0. The summed E-state index contributed by atoms with van der Waals surface area (Å²) in [4.78, 5) is 2.10. The van der Waals surface area contributed by atoms with Crippen LogP contribution < -0.4 is 0 Å². The fourth-order valence-electron chi connectivity index (χ4n) is 4.31. The second-order valence-electron chi connectivity index (χ2n) is 6.64. The number of morpholine rings is 1. The highest BCUT2D eigenvalue weighted by Gasteiger charge is 2.40. The van der Waals surface area contributed by atoms with Crippen molar-refractivity contribution in [2.75, 3.05) is 19.8 Å². The molecule has 3 aliphatic rings. The molecule has 1 aromatic rings. The number of nitriles is 2. The maximum absolute atomic E-state index is 9.85. The maximum Gasteiger partial charge on any atom is 0.0973 e. The molecule has 24 heavy (non-hydrogen) atoms. The minimum absolute atomic E-state index is 0.129. The number of hydrogen-bond donors (Lipinski definition) is 1. The van der Waals surface area contributed by atoms with Crippen LogP contribution in [0.3, 0.4) is 0 Å². The smallest absolute Gasteiger partial charge is 0.0973 e. The van der Waals surface area contributed by atoms with Gasteiger partial charge in [-0.15, -0.1) is 0 Å². The minimum Gasteiger partial charge on any atom is -0.373 e. The van der Waals surface area contributed by atoms with Gasteiger partial charge in [0.2, 0.25) is 0 Å². The molecule has 0 aromatic carbocycles. The maximum atomic E-state index is 9.85. The number of nitrogens with one attached hydrogen (secondary N) is 1. The molecule has 122 valence electrons. The summed E-state index contributed by atoms with van der Waals surface area (Å²) in [6.07, 6.45) is 4.61. The second-order valence-corrected chi connectivity index (χ2v) is 6.64. The third-order valence-electron chi connectivity index (χ3n) is 5.52. The number of hydrogen-bond acceptors (Lipinski definition) is 5. The normalized spacial score (nSPS) is 26.5. The fourth-order valence-corrected chi connectivity index (χ4v) is 4.31. The zero-order valence-corrected chi connectivity index (χ0v) is 13.7. The SMILES string of the molecule is CC1=C(C#N)C(C2CCc3[nH]ncc3C2)C(C#N)=C2COCCN12. The van der Waals surface area contributed by atoms with Crippen molar-refractivity contribution in [1.29, 1.82) is 10.5 Å². The average Bonchev–Trinajstić information content (AvgIpc) is 3.09. The molecule has 0 bridgehead atoms. The Bertz CT molecular complexity index is 819. The standard InChI is InChI=1S/C18H19N5O/c1-11-14(7-19)18(12-2-3-16-13(6-12)9-21-22-16)15(8-20)17-10-24-5-4-23(11)17/h9,12,18H,2-6,10H2,1H3,(H,21,22). The molecule has 0 spiro atoms. The lowest BCUT2D eigenvalue weighted by molar-refractivity contribution is 0.0814. The first-order chi connectivity index (χ1) is 11.7. The van der Waals surface area contributed by atoms with Gasteiger partial charge >= 0.3 is 0 Å². The van der Waals surface area contributed by atoms with E-state index in [2.05, 4.69) is 27.2 Å². The van der Waals surface area contributed by atoms with E-state index in [-0.39, 0.29) is 11.8 Å². The summed E-state index contributed by atoms with van der Waals surface area (Å²) in [5, 5.41) is 26.8. The molecule has 1 aliphatic carbocycles. The summed E-state index contributed by atoms with van der Waals surface area (Å²) in [7, 11) is 0. The highest BCUT2D eigenvalue weighted by atomic mass is 16.5. The number of aromatic amines is 1. The van der Waals surface area contributed by atoms with Gasteiger partial charge in [-0.3, -0.25) is 5.10 Å². The lowest BCUT2D eigenvalue weighted by Crippen LogP contribution is -2.41. The van der Waals surface area contributed by atoms with Crippen molar-refractivity contribution in [3.05, 3.63) is 40.0 Å². The summed E-state index contributed by atoms with van der Waals surface area (Å²) in [5.74, 6) is 0.127. The van der Waals surface area contributed by atoms with Crippen LogP contribution in [0.15, 0.2) is 28.7 Å². The Labute approximate surface area is 141 Å². The third-order valence-corrected chi connectivity index (χ3v) is 5.52. The minimum atomic E-state index is -0.129. The van der Waals surface area contributed by atoms with E-state index in [0.717, 1.165) is 36.2 Å². The van der Waals surface area contributed by atoms with Crippen LogP contribution >= 0.6 is 0 Å². The summed E-state index contributed by atoms with van der Waals surface area (Å²) in [6.45, 7) is 3.79. The van der Waals surface area contributed by atoms with Crippen molar-refractivity contribution in [2.24, 2.45) is 11.8 Å². The first-order valence-electron chi connectivity index (χ1n) is 8.35. The van der Waals surface area contributed by atoms with Gasteiger partial charge in [0.15, 0.2) is 0 Å². The van der Waals surface area contributed by atoms with Gasteiger partial charge in [-0.2, -0.15) is 15.6 Å². The zero-order chi connectivity index (χ0) is 16.7. The topological polar surface area (TPSA) is 88.7 Å². The number of allylic oxidation sites excluding steroid dienone is 3. The van der Waals surface area contributed by atoms with Gasteiger partial charge in [0.25, 0.3) is 0 Å². The van der Waals surface area contributed by atoms with E-state index < -0.39 is 0 Å². The van der Waals surface area contributed by atoms with Crippen molar-refractivity contribution in [2.45, 2.75) is 26.2 Å². The average molecular weight is 321 g/mol. The Balaban J connectivity index is 1.78. The van der Waals surface area contributed by atoms with Crippen LogP contribution in [-0.2, 0) is 17.6 Å². The molecule has 2 unspecified atom stereocenters. The van der Waals surface area contributed by atoms with Gasteiger partial charge in [-0.25, -0.2) is 0 Å². The number of ether oxygens (including phenoxy) is 1. The molecule has 1 N–H and O–H groups in total. The van der Waals surface area contributed by atoms with E-state index in [0.29, 0.717) is 25.3 Å². The van der Waals surface area contributed by atoms with Crippen LogP contribution in [0.2, 0.25) is 0 Å². The molecular weight excluding hydrogens is 302 g/mol. The first-order valence-corrected chi connectivity index (χ1v) is 8.35. The van der Waals surface area contributed by atoms with E-state index in [4.69, 9.17) is 4.74 Å². The molecule has 2 aliphatic heterocycles.